The van der Waals surface area contributed by atoms with E-state index in [4.69, 9.17) is 4.98 Å². The van der Waals surface area contributed by atoms with Crippen LogP contribution in [0.4, 0.5) is 5.69 Å². The van der Waals surface area contributed by atoms with Gasteiger partial charge in [-0.15, -0.1) is 11.3 Å². The molecule has 3 aromatic rings. The van der Waals surface area contributed by atoms with Gasteiger partial charge in [0.05, 0.1) is 21.1 Å². The summed E-state index contributed by atoms with van der Waals surface area (Å²) in [6, 6.07) is 16.5. The van der Waals surface area contributed by atoms with Crippen molar-refractivity contribution in [3.63, 3.8) is 0 Å². The van der Waals surface area contributed by atoms with Crippen LogP contribution in [0.1, 0.15) is 29.3 Å². The summed E-state index contributed by atoms with van der Waals surface area (Å²) in [5, 5.41) is 4.28. The number of nitrogens with zero attached hydrogens (tertiary/aromatic N) is 3. The Morgan fingerprint density at radius 1 is 1.06 bits per heavy atom. The summed E-state index contributed by atoms with van der Waals surface area (Å²) in [5.74, 6) is 0.128. The number of benzene rings is 2. The number of hydrogen-bond acceptors (Lipinski definition) is 5. The lowest BCUT2D eigenvalue weighted by molar-refractivity contribution is -0.120. The fourth-order valence-corrected chi connectivity index (χ4v) is 5.82. The number of rotatable bonds is 5. The summed E-state index contributed by atoms with van der Waals surface area (Å²) < 4.78 is 1.19. The van der Waals surface area contributed by atoms with E-state index >= 15 is 0 Å². The Hall–Kier alpha value is -2.54. The normalized spacial score (nSPS) is 22.3. The molecule has 1 aliphatic carbocycles. The molecule has 6 heteroatoms. The molecule has 0 spiro atoms. The highest BCUT2D eigenvalue weighted by Crippen LogP contribution is 2.39. The number of carbonyl (C=O) groups excluding carboxylic acids is 1. The maximum absolute atomic E-state index is 13.3. The Bertz CT molecular complexity index is 1080. The van der Waals surface area contributed by atoms with Crippen LogP contribution in [0, 0.1) is 5.92 Å². The van der Waals surface area contributed by atoms with Crippen molar-refractivity contribution in [1.82, 2.24) is 14.8 Å². The molecule has 1 N–H and O–H groups in total. The molecule has 1 aliphatic heterocycles. The highest BCUT2D eigenvalue weighted by Gasteiger charge is 2.32. The lowest BCUT2D eigenvalue weighted by atomic mass is 9.82. The minimum Gasteiger partial charge on any atom is -0.326 e. The monoisotopic (exact) mass is 446 g/mol. The fraction of sp³-hybridized carbons (Fsp3) is 0.385. The average Bonchev–Trinajstić information content (AvgIpc) is 3.25. The number of aromatic nitrogens is 1. The van der Waals surface area contributed by atoms with E-state index in [1.54, 1.807) is 11.3 Å². The maximum atomic E-state index is 13.3. The average molecular weight is 447 g/mol. The van der Waals surface area contributed by atoms with Crippen LogP contribution >= 0.6 is 11.3 Å². The van der Waals surface area contributed by atoms with E-state index < -0.39 is 0 Å². The molecule has 2 aliphatic rings. The van der Waals surface area contributed by atoms with Crippen LogP contribution in [-0.2, 0) is 11.3 Å². The second-order valence-electron chi connectivity index (χ2n) is 8.94. The van der Waals surface area contributed by atoms with Gasteiger partial charge in [0.2, 0.25) is 5.91 Å². The first-order chi connectivity index (χ1) is 15.7. The van der Waals surface area contributed by atoms with Gasteiger partial charge in [-0.25, -0.2) is 4.98 Å². The Kier molecular flexibility index (Phi) is 6.35. The molecule has 1 saturated heterocycles. The molecule has 5 nitrogen and oxygen atoms in total. The molecule has 0 radical (unpaired) electrons. The van der Waals surface area contributed by atoms with Crippen molar-refractivity contribution in [3.05, 3.63) is 71.3 Å². The van der Waals surface area contributed by atoms with Crippen molar-refractivity contribution in [2.45, 2.75) is 25.3 Å². The minimum atomic E-state index is -0.0955. The number of piperazine rings is 1. The van der Waals surface area contributed by atoms with Gasteiger partial charge in [0.25, 0.3) is 0 Å². The third-order valence-electron chi connectivity index (χ3n) is 6.59. The van der Waals surface area contributed by atoms with Gasteiger partial charge < -0.3 is 10.2 Å². The standard InChI is InChI=1S/C26H30N4OS/c1-29-13-15-30(16-14-29)18-19-7-6-8-20(17-19)27-25(31)21-9-2-3-10-22(21)26-28-23-11-4-5-12-24(23)32-26/h2-8,11-12,17,21-22H,9-10,13-16,18H2,1H3,(H,27,31). The summed E-state index contributed by atoms with van der Waals surface area (Å²) >= 11 is 1.72. The van der Waals surface area contributed by atoms with Crippen molar-refractivity contribution in [2.75, 3.05) is 38.5 Å². The Morgan fingerprint density at radius 2 is 1.88 bits per heavy atom. The highest BCUT2D eigenvalue weighted by molar-refractivity contribution is 7.18. The van der Waals surface area contributed by atoms with Gasteiger partial charge in [0.15, 0.2) is 0 Å². The van der Waals surface area contributed by atoms with Crippen LogP contribution in [0.5, 0.6) is 0 Å². The van der Waals surface area contributed by atoms with Crippen molar-refractivity contribution >= 4 is 33.1 Å². The van der Waals surface area contributed by atoms with Gasteiger partial charge in [-0.1, -0.05) is 36.4 Å². The number of allylic oxidation sites excluding steroid dienone is 2. The summed E-state index contributed by atoms with van der Waals surface area (Å²) in [5.41, 5.74) is 3.16. The predicted molar refractivity (Wildman–Crippen MR) is 132 cm³/mol. The van der Waals surface area contributed by atoms with Gasteiger partial charge in [0, 0.05) is 44.3 Å². The SMILES string of the molecule is CN1CCN(Cc2cccc(NC(=O)C3CC=CCC3c3nc4ccccc4s3)c2)CC1. The number of fused-ring (bicyclic) bond motifs is 1. The molecule has 166 valence electrons. The third-order valence-corrected chi connectivity index (χ3v) is 7.76. The lowest BCUT2D eigenvalue weighted by Crippen LogP contribution is -2.43. The largest absolute Gasteiger partial charge is 0.326 e. The summed E-state index contributed by atoms with van der Waals surface area (Å²) in [6.07, 6.45) is 5.95. The fourth-order valence-electron chi connectivity index (χ4n) is 4.67. The van der Waals surface area contributed by atoms with E-state index in [0.717, 1.165) is 61.8 Å². The zero-order valence-corrected chi connectivity index (χ0v) is 19.4. The van der Waals surface area contributed by atoms with Crippen molar-refractivity contribution in [1.29, 1.82) is 0 Å². The topological polar surface area (TPSA) is 48.5 Å². The van der Waals surface area contributed by atoms with Crippen LogP contribution in [0.3, 0.4) is 0 Å². The van der Waals surface area contributed by atoms with E-state index in [1.807, 2.05) is 24.3 Å². The van der Waals surface area contributed by atoms with Gasteiger partial charge in [0.1, 0.15) is 0 Å². The molecule has 32 heavy (non-hydrogen) atoms. The number of amides is 1. The second kappa shape index (κ2) is 9.53. The molecule has 2 unspecified atom stereocenters. The Morgan fingerprint density at radius 3 is 2.72 bits per heavy atom. The van der Waals surface area contributed by atoms with E-state index in [-0.39, 0.29) is 17.7 Å². The first-order valence-electron chi connectivity index (χ1n) is 11.5. The highest BCUT2D eigenvalue weighted by atomic mass is 32.1. The molecule has 0 saturated carbocycles. The molecule has 5 rings (SSSR count). The Labute approximate surface area is 193 Å². The number of thiazole rings is 1. The molecule has 2 heterocycles. The number of hydrogen-bond donors (Lipinski definition) is 1. The van der Waals surface area contributed by atoms with Crippen LogP contribution < -0.4 is 5.32 Å². The number of likely N-dealkylation sites (N-methyl/N-ethyl adjacent to an activating group) is 1. The van der Waals surface area contributed by atoms with Gasteiger partial charge in [-0.3, -0.25) is 9.69 Å². The van der Waals surface area contributed by atoms with E-state index in [0.29, 0.717) is 0 Å². The first-order valence-corrected chi connectivity index (χ1v) is 12.3. The van der Waals surface area contributed by atoms with Gasteiger partial charge in [-0.05, 0) is 49.7 Å². The third kappa shape index (κ3) is 4.77. The number of carbonyl (C=O) groups is 1. The lowest BCUT2D eigenvalue weighted by Gasteiger charge is -2.32. The molecule has 2 aromatic carbocycles. The smallest absolute Gasteiger partial charge is 0.228 e. The molecule has 2 atom stereocenters. The quantitative estimate of drug-likeness (QED) is 0.576. The summed E-state index contributed by atoms with van der Waals surface area (Å²) in [7, 11) is 2.18. The van der Waals surface area contributed by atoms with E-state index in [2.05, 4.69) is 58.6 Å². The van der Waals surface area contributed by atoms with Crippen LogP contribution in [0.25, 0.3) is 10.2 Å². The number of anilines is 1. The van der Waals surface area contributed by atoms with Crippen LogP contribution in [0.2, 0.25) is 0 Å². The summed E-state index contributed by atoms with van der Waals surface area (Å²) in [6.45, 7) is 5.33. The molecule has 0 bridgehead atoms. The van der Waals surface area contributed by atoms with E-state index in [9.17, 15) is 4.79 Å². The maximum Gasteiger partial charge on any atom is 0.228 e. The number of nitrogens with one attached hydrogen (secondary N) is 1. The molecular formula is C26H30N4OS. The molecule has 1 amide bonds. The Balaban J connectivity index is 1.28. The van der Waals surface area contributed by atoms with Crippen molar-refractivity contribution in [3.8, 4) is 0 Å². The zero-order valence-electron chi connectivity index (χ0n) is 18.5. The number of para-hydroxylation sites is 1. The second-order valence-corrected chi connectivity index (χ2v) is 10.0. The molecule has 1 aromatic heterocycles. The minimum absolute atomic E-state index is 0.0929. The summed E-state index contributed by atoms with van der Waals surface area (Å²) in [4.78, 5) is 23.0. The van der Waals surface area contributed by atoms with Crippen molar-refractivity contribution < 1.29 is 4.79 Å². The molecule has 1 fully saturated rings. The molecular weight excluding hydrogens is 416 g/mol. The predicted octanol–water partition coefficient (Wildman–Crippen LogP) is 4.73. The zero-order chi connectivity index (χ0) is 21.9. The van der Waals surface area contributed by atoms with E-state index in [1.165, 1.54) is 10.3 Å². The first kappa shape index (κ1) is 21.3. The van der Waals surface area contributed by atoms with Crippen molar-refractivity contribution in [2.24, 2.45) is 5.92 Å². The van der Waals surface area contributed by atoms with Gasteiger partial charge in [-0.2, -0.15) is 0 Å². The van der Waals surface area contributed by atoms with Crippen LogP contribution in [-0.4, -0.2) is 53.9 Å². The van der Waals surface area contributed by atoms with Crippen LogP contribution in [0.15, 0.2) is 60.7 Å². The van der Waals surface area contributed by atoms with Gasteiger partial charge >= 0.3 is 0 Å².